The highest BCUT2D eigenvalue weighted by atomic mass is 35.5. The average molecular weight is 344 g/mol. The van der Waals surface area contributed by atoms with Crippen LogP contribution in [0.5, 0.6) is 0 Å². The summed E-state index contributed by atoms with van der Waals surface area (Å²) >= 11 is 7.22. The van der Waals surface area contributed by atoms with E-state index in [1.54, 1.807) is 24.1 Å². The number of rotatable bonds is 2. The van der Waals surface area contributed by atoms with Crippen molar-refractivity contribution in [3.05, 3.63) is 64.0 Å². The van der Waals surface area contributed by atoms with E-state index in [4.69, 9.17) is 17.3 Å². The highest BCUT2D eigenvalue weighted by Gasteiger charge is 2.30. The summed E-state index contributed by atoms with van der Waals surface area (Å²) in [4.78, 5) is 19.0. The molecule has 1 aliphatic heterocycles. The third kappa shape index (κ3) is 3.57. The number of anilines is 1. The van der Waals surface area contributed by atoms with Crippen LogP contribution in [0.3, 0.4) is 0 Å². The number of aliphatic imine (C=N–C) groups is 1. The van der Waals surface area contributed by atoms with E-state index in [0.29, 0.717) is 20.8 Å². The summed E-state index contributed by atoms with van der Waals surface area (Å²) in [7, 11) is 1.72. The van der Waals surface area contributed by atoms with Crippen LogP contribution >= 0.6 is 23.4 Å². The van der Waals surface area contributed by atoms with Crippen LogP contribution in [0.2, 0.25) is 5.02 Å². The van der Waals surface area contributed by atoms with Gasteiger partial charge in [-0.05, 0) is 59.8 Å². The van der Waals surface area contributed by atoms with Gasteiger partial charge in [0.25, 0.3) is 5.91 Å². The van der Waals surface area contributed by atoms with Crippen LogP contribution in [0.4, 0.5) is 11.4 Å². The zero-order valence-electron chi connectivity index (χ0n) is 12.4. The fourth-order valence-electron chi connectivity index (χ4n) is 2.02. The van der Waals surface area contributed by atoms with Crippen molar-refractivity contribution in [1.29, 1.82) is 0 Å². The summed E-state index contributed by atoms with van der Waals surface area (Å²) < 4.78 is 0. The molecule has 1 heterocycles. The number of likely N-dealkylation sites (N-methyl/N-ethyl adjacent to an activating group) is 1. The molecule has 4 nitrogen and oxygen atoms in total. The maximum atomic E-state index is 12.3. The van der Waals surface area contributed by atoms with Crippen molar-refractivity contribution in [3.8, 4) is 0 Å². The fourth-order valence-corrected chi connectivity index (χ4v) is 3.13. The average Bonchev–Trinajstić information content (AvgIpc) is 2.80. The molecule has 23 heavy (non-hydrogen) atoms. The SMILES string of the molecule is CN1C(=O)/C(=C/c2ccc(N)cc2)SC1=Nc1ccc(Cl)cc1. The van der Waals surface area contributed by atoms with Crippen molar-refractivity contribution in [2.24, 2.45) is 4.99 Å². The van der Waals surface area contributed by atoms with Gasteiger partial charge in [0.05, 0.1) is 10.6 Å². The highest BCUT2D eigenvalue weighted by molar-refractivity contribution is 8.18. The Kier molecular flexibility index (Phi) is 4.41. The Labute approximate surface area is 143 Å². The van der Waals surface area contributed by atoms with E-state index in [9.17, 15) is 4.79 Å². The number of hydrogen-bond donors (Lipinski definition) is 1. The summed E-state index contributed by atoms with van der Waals surface area (Å²) in [5, 5.41) is 1.29. The maximum absolute atomic E-state index is 12.3. The van der Waals surface area contributed by atoms with E-state index in [0.717, 1.165) is 11.3 Å². The van der Waals surface area contributed by atoms with Crippen molar-refractivity contribution in [3.63, 3.8) is 0 Å². The first-order valence-corrected chi connectivity index (χ1v) is 8.10. The smallest absolute Gasteiger partial charge is 0.266 e. The zero-order valence-corrected chi connectivity index (χ0v) is 13.9. The molecule has 2 aromatic carbocycles. The third-order valence-corrected chi connectivity index (χ3v) is 4.60. The Hall–Kier alpha value is -2.24. The molecule has 0 unspecified atom stereocenters. The Morgan fingerprint density at radius 1 is 1.13 bits per heavy atom. The number of thioether (sulfide) groups is 1. The minimum absolute atomic E-state index is 0.0699. The van der Waals surface area contributed by atoms with Gasteiger partial charge in [0.2, 0.25) is 0 Å². The number of nitrogen functional groups attached to an aromatic ring is 1. The van der Waals surface area contributed by atoms with Gasteiger partial charge >= 0.3 is 0 Å². The van der Waals surface area contributed by atoms with Gasteiger partial charge in [-0.1, -0.05) is 23.7 Å². The van der Waals surface area contributed by atoms with E-state index in [2.05, 4.69) is 4.99 Å². The highest BCUT2D eigenvalue weighted by Crippen LogP contribution is 2.33. The van der Waals surface area contributed by atoms with Gasteiger partial charge in [0.15, 0.2) is 5.17 Å². The van der Waals surface area contributed by atoms with Gasteiger partial charge in [-0.3, -0.25) is 9.69 Å². The minimum Gasteiger partial charge on any atom is -0.399 e. The van der Waals surface area contributed by atoms with Crippen molar-refractivity contribution in [1.82, 2.24) is 4.90 Å². The first-order valence-electron chi connectivity index (χ1n) is 6.90. The normalized spacial score (nSPS) is 18.2. The van der Waals surface area contributed by atoms with Crippen LogP contribution in [0.25, 0.3) is 6.08 Å². The second-order valence-electron chi connectivity index (χ2n) is 5.01. The molecule has 0 spiro atoms. The molecule has 0 aromatic heterocycles. The van der Waals surface area contributed by atoms with Crippen molar-refractivity contribution >= 4 is 51.9 Å². The van der Waals surface area contributed by atoms with Crippen LogP contribution in [-0.2, 0) is 4.79 Å². The summed E-state index contributed by atoms with van der Waals surface area (Å²) in [5.74, 6) is -0.0699. The molecule has 0 radical (unpaired) electrons. The Morgan fingerprint density at radius 3 is 2.43 bits per heavy atom. The lowest BCUT2D eigenvalue weighted by Crippen LogP contribution is -2.23. The molecule has 6 heteroatoms. The molecule has 3 rings (SSSR count). The first kappa shape index (κ1) is 15.6. The van der Waals surface area contributed by atoms with Gasteiger partial charge in [0, 0.05) is 17.8 Å². The quantitative estimate of drug-likeness (QED) is 0.658. The molecule has 0 saturated carbocycles. The van der Waals surface area contributed by atoms with Crippen molar-refractivity contribution in [2.45, 2.75) is 0 Å². The standard InChI is InChI=1S/C17H14ClN3OS/c1-21-16(22)15(10-11-2-6-13(19)7-3-11)23-17(21)20-14-8-4-12(18)5-9-14/h2-10H,19H2,1H3/b15-10-,20-17?. The van der Waals surface area contributed by atoms with E-state index < -0.39 is 0 Å². The molecular formula is C17H14ClN3OS. The summed E-state index contributed by atoms with van der Waals surface area (Å²) in [6.07, 6.45) is 1.84. The van der Waals surface area contributed by atoms with Gasteiger partial charge in [-0.2, -0.15) is 0 Å². The molecule has 2 N–H and O–H groups in total. The second-order valence-corrected chi connectivity index (χ2v) is 6.46. The lowest BCUT2D eigenvalue weighted by Gasteiger charge is -2.07. The van der Waals surface area contributed by atoms with E-state index in [-0.39, 0.29) is 5.91 Å². The molecule has 1 saturated heterocycles. The minimum atomic E-state index is -0.0699. The zero-order chi connectivity index (χ0) is 16.4. The van der Waals surface area contributed by atoms with Crippen LogP contribution < -0.4 is 5.73 Å². The molecule has 0 bridgehead atoms. The number of benzene rings is 2. The molecule has 0 aliphatic carbocycles. The molecule has 1 aliphatic rings. The number of carbonyl (C=O) groups excluding carboxylic acids is 1. The van der Waals surface area contributed by atoms with E-state index >= 15 is 0 Å². The number of nitrogens with two attached hydrogens (primary N) is 1. The lowest BCUT2D eigenvalue weighted by atomic mass is 10.2. The Morgan fingerprint density at radius 2 is 1.78 bits per heavy atom. The molecule has 0 atom stereocenters. The van der Waals surface area contributed by atoms with Crippen molar-refractivity contribution in [2.75, 3.05) is 12.8 Å². The Balaban J connectivity index is 1.87. The molecular weight excluding hydrogens is 330 g/mol. The van der Waals surface area contributed by atoms with Crippen LogP contribution in [-0.4, -0.2) is 23.0 Å². The fraction of sp³-hybridized carbons (Fsp3) is 0.0588. The summed E-state index contributed by atoms with van der Waals surface area (Å²) in [6.45, 7) is 0. The topological polar surface area (TPSA) is 58.7 Å². The molecule has 1 fully saturated rings. The van der Waals surface area contributed by atoms with Gasteiger partial charge < -0.3 is 5.73 Å². The van der Waals surface area contributed by atoms with E-state index in [1.165, 1.54) is 11.8 Å². The van der Waals surface area contributed by atoms with Crippen LogP contribution in [0, 0.1) is 0 Å². The van der Waals surface area contributed by atoms with Crippen LogP contribution in [0.1, 0.15) is 5.56 Å². The molecule has 116 valence electrons. The number of amides is 1. The Bertz CT molecular complexity index is 798. The lowest BCUT2D eigenvalue weighted by molar-refractivity contribution is -0.121. The second kappa shape index (κ2) is 6.48. The van der Waals surface area contributed by atoms with Gasteiger partial charge in [-0.15, -0.1) is 0 Å². The largest absolute Gasteiger partial charge is 0.399 e. The number of hydrogen-bond acceptors (Lipinski definition) is 4. The summed E-state index contributed by atoms with van der Waals surface area (Å²) in [5.41, 5.74) is 8.05. The monoisotopic (exact) mass is 343 g/mol. The number of halogens is 1. The summed E-state index contributed by atoms with van der Waals surface area (Å²) in [6, 6.07) is 14.5. The first-order chi connectivity index (χ1) is 11.0. The molecule has 2 aromatic rings. The van der Waals surface area contributed by atoms with Gasteiger partial charge in [-0.25, -0.2) is 4.99 Å². The third-order valence-electron chi connectivity index (χ3n) is 3.29. The van der Waals surface area contributed by atoms with Crippen LogP contribution in [0.15, 0.2) is 58.4 Å². The number of carbonyl (C=O) groups is 1. The van der Waals surface area contributed by atoms with Crippen molar-refractivity contribution < 1.29 is 4.79 Å². The van der Waals surface area contributed by atoms with E-state index in [1.807, 2.05) is 42.5 Å². The maximum Gasteiger partial charge on any atom is 0.266 e. The van der Waals surface area contributed by atoms with Gasteiger partial charge in [0.1, 0.15) is 0 Å². The predicted octanol–water partition coefficient (Wildman–Crippen LogP) is 4.16. The number of amidine groups is 1. The predicted molar refractivity (Wildman–Crippen MR) is 97.7 cm³/mol. The molecule has 1 amide bonds. The number of nitrogens with zero attached hydrogens (tertiary/aromatic N) is 2.